The van der Waals surface area contributed by atoms with E-state index in [1.807, 2.05) is 0 Å². The SMILES string of the molecule is NC(=O)c1cc2cncnc2nc1N1CC(C(F)(F)F)C1. The smallest absolute Gasteiger partial charge is 0.365 e. The Kier molecular flexibility index (Phi) is 2.92. The summed E-state index contributed by atoms with van der Waals surface area (Å²) in [4.78, 5) is 24.7. The molecule has 21 heavy (non-hydrogen) atoms. The molecule has 1 fully saturated rings. The van der Waals surface area contributed by atoms with E-state index in [4.69, 9.17) is 5.73 Å². The van der Waals surface area contributed by atoms with Gasteiger partial charge in [0.2, 0.25) is 0 Å². The highest BCUT2D eigenvalue weighted by Gasteiger charge is 2.48. The molecule has 2 aromatic heterocycles. The Balaban J connectivity index is 1.98. The molecule has 0 spiro atoms. The second-order valence-corrected chi connectivity index (χ2v) is 4.80. The monoisotopic (exact) mass is 297 g/mol. The largest absolute Gasteiger partial charge is 0.395 e. The summed E-state index contributed by atoms with van der Waals surface area (Å²) in [6.45, 7) is -0.485. The van der Waals surface area contributed by atoms with E-state index in [-0.39, 0.29) is 24.5 Å². The van der Waals surface area contributed by atoms with E-state index >= 15 is 0 Å². The first kappa shape index (κ1) is 13.5. The van der Waals surface area contributed by atoms with E-state index < -0.39 is 18.0 Å². The normalized spacial score (nSPS) is 16.0. The molecule has 1 amide bonds. The van der Waals surface area contributed by atoms with Gasteiger partial charge in [0, 0.05) is 24.7 Å². The summed E-state index contributed by atoms with van der Waals surface area (Å²) in [6, 6.07) is 1.45. The molecule has 1 aliphatic heterocycles. The molecule has 2 aromatic rings. The van der Waals surface area contributed by atoms with Crippen molar-refractivity contribution in [2.24, 2.45) is 11.7 Å². The van der Waals surface area contributed by atoms with Crippen LogP contribution in [-0.2, 0) is 0 Å². The fourth-order valence-corrected chi connectivity index (χ4v) is 2.19. The maximum Gasteiger partial charge on any atom is 0.395 e. The average Bonchev–Trinajstić information content (AvgIpc) is 2.34. The van der Waals surface area contributed by atoms with Crippen molar-refractivity contribution in [2.45, 2.75) is 6.18 Å². The van der Waals surface area contributed by atoms with Gasteiger partial charge in [0.15, 0.2) is 5.65 Å². The van der Waals surface area contributed by atoms with Crippen molar-refractivity contribution in [1.29, 1.82) is 0 Å². The van der Waals surface area contributed by atoms with E-state index in [9.17, 15) is 18.0 Å². The number of halogens is 3. The van der Waals surface area contributed by atoms with Crippen molar-refractivity contribution >= 4 is 22.8 Å². The number of hydrogen-bond acceptors (Lipinski definition) is 5. The number of aromatic nitrogens is 3. The second kappa shape index (κ2) is 4.54. The number of alkyl halides is 3. The van der Waals surface area contributed by atoms with Gasteiger partial charge >= 0.3 is 6.18 Å². The Labute approximate surface area is 116 Å². The Morgan fingerprint density at radius 2 is 2.10 bits per heavy atom. The van der Waals surface area contributed by atoms with Gasteiger partial charge in [-0.05, 0) is 6.07 Å². The van der Waals surface area contributed by atoms with Crippen LogP contribution in [0.15, 0.2) is 18.6 Å². The highest BCUT2D eigenvalue weighted by molar-refractivity contribution is 6.01. The number of carbonyl (C=O) groups is 1. The summed E-state index contributed by atoms with van der Waals surface area (Å²) in [5, 5.41) is 0.503. The van der Waals surface area contributed by atoms with Crippen LogP contribution in [0.25, 0.3) is 11.0 Å². The lowest BCUT2D eigenvalue weighted by atomic mass is 9.98. The molecule has 0 aliphatic carbocycles. The molecule has 1 saturated heterocycles. The van der Waals surface area contributed by atoms with Gasteiger partial charge in [0.1, 0.15) is 12.1 Å². The topological polar surface area (TPSA) is 85.0 Å². The van der Waals surface area contributed by atoms with Gasteiger partial charge < -0.3 is 10.6 Å². The minimum atomic E-state index is -4.25. The van der Waals surface area contributed by atoms with Crippen LogP contribution >= 0.6 is 0 Å². The molecule has 0 unspecified atom stereocenters. The summed E-state index contributed by atoms with van der Waals surface area (Å²) in [7, 11) is 0. The van der Waals surface area contributed by atoms with Gasteiger partial charge in [-0.1, -0.05) is 0 Å². The quantitative estimate of drug-likeness (QED) is 0.898. The van der Waals surface area contributed by atoms with Crippen molar-refractivity contribution in [3.8, 4) is 0 Å². The molecule has 110 valence electrons. The van der Waals surface area contributed by atoms with Crippen molar-refractivity contribution in [3.05, 3.63) is 24.2 Å². The molecule has 0 bridgehead atoms. The Bertz CT molecular complexity index is 712. The molecular formula is C12H10F3N5O. The van der Waals surface area contributed by atoms with Crippen molar-refractivity contribution in [3.63, 3.8) is 0 Å². The maximum atomic E-state index is 12.5. The first-order chi connectivity index (χ1) is 9.86. The van der Waals surface area contributed by atoms with E-state index in [1.165, 1.54) is 23.5 Å². The molecule has 0 saturated carbocycles. The Morgan fingerprint density at radius 3 is 2.71 bits per heavy atom. The number of nitrogens with zero attached hydrogens (tertiary/aromatic N) is 4. The van der Waals surface area contributed by atoms with Crippen LogP contribution in [-0.4, -0.2) is 40.1 Å². The molecule has 0 atom stereocenters. The predicted molar refractivity (Wildman–Crippen MR) is 67.6 cm³/mol. The number of anilines is 1. The van der Waals surface area contributed by atoms with Crippen molar-refractivity contribution < 1.29 is 18.0 Å². The fraction of sp³-hybridized carbons (Fsp3) is 0.333. The zero-order valence-corrected chi connectivity index (χ0v) is 10.6. The highest BCUT2D eigenvalue weighted by Crippen LogP contribution is 2.36. The summed E-state index contributed by atoms with van der Waals surface area (Å²) in [6.07, 6.45) is -1.51. The lowest BCUT2D eigenvalue weighted by Gasteiger charge is -2.41. The van der Waals surface area contributed by atoms with Crippen LogP contribution in [0.3, 0.4) is 0 Å². The van der Waals surface area contributed by atoms with Gasteiger partial charge in [-0.15, -0.1) is 0 Å². The highest BCUT2D eigenvalue weighted by atomic mass is 19.4. The number of hydrogen-bond donors (Lipinski definition) is 1. The first-order valence-corrected chi connectivity index (χ1v) is 6.08. The van der Waals surface area contributed by atoms with Crippen LogP contribution in [0.1, 0.15) is 10.4 Å². The molecule has 6 nitrogen and oxygen atoms in total. The number of pyridine rings is 1. The third-order valence-corrected chi connectivity index (χ3v) is 3.38. The zero-order chi connectivity index (χ0) is 15.2. The van der Waals surface area contributed by atoms with Crippen molar-refractivity contribution in [1.82, 2.24) is 15.0 Å². The van der Waals surface area contributed by atoms with Gasteiger partial charge in [-0.2, -0.15) is 13.2 Å². The second-order valence-electron chi connectivity index (χ2n) is 4.80. The van der Waals surface area contributed by atoms with Crippen LogP contribution in [0.5, 0.6) is 0 Å². The number of primary amides is 1. The minimum Gasteiger partial charge on any atom is -0.365 e. The Morgan fingerprint density at radius 1 is 1.38 bits per heavy atom. The van der Waals surface area contributed by atoms with Gasteiger partial charge in [-0.3, -0.25) is 4.79 Å². The summed E-state index contributed by atoms with van der Waals surface area (Å²) >= 11 is 0. The predicted octanol–water partition coefficient (Wildman–Crippen LogP) is 1.12. The summed E-state index contributed by atoms with van der Waals surface area (Å²) < 4.78 is 37.6. The molecule has 3 heterocycles. The fourth-order valence-electron chi connectivity index (χ4n) is 2.19. The Hall–Kier alpha value is -2.45. The number of rotatable bonds is 2. The first-order valence-electron chi connectivity index (χ1n) is 6.08. The molecule has 9 heteroatoms. The molecule has 0 radical (unpaired) electrons. The van der Waals surface area contributed by atoms with E-state index in [1.54, 1.807) is 0 Å². The lowest BCUT2D eigenvalue weighted by molar-refractivity contribution is -0.180. The molecule has 2 N–H and O–H groups in total. The number of amides is 1. The number of fused-ring (bicyclic) bond motifs is 1. The lowest BCUT2D eigenvalue weighted by Crippen LogP contribution is -2.54. The van der Waals surface area contributed by atoms with Crippen LogP contribution in [0, 0.1) is 5.92 Å². The third kappa shape index (κ3) is 2.34. The average molecular weight is 297 g/mol. The maximum absolute atomic E-state index is 12.5. The molecule has 0 aromatic carbocycles. The summed E-state index contributed by atoms with van der Waals surface area (Å²) in [5.74, 6) is -2.03. The van der Waals surface area contributed by atoms with Gasteiger partial charge in [-0.25, -0.2) is 15.0 Å². The third-order valence-electron chi connectivity index (χ3n) is 3.38. The van der Waals surface area contributed by atoms with Gasteiger partial charge in [0.25, 0.3) is 5.91 Å². The van der Waals surface area contributed by atoms with Crippen LogP contribution in [0.2, 0.25) is 0 Å². The van der Waals surface area contributed by atoms with E-state index in [0.717, 1.165) is 0 Å². The molecular weight excluding hydrogens is 287 g/mol. The standard InChI is InChI=1S/C12H10F3N5O/c13-12(14,15)7-3-20(4-7)11-8(9(16)21)1-6-2-17-5-18-10(6)19-11/h1-2,5,7H,3-4H2,(H2,16,21). The van der Waals surface area contributed by atoms with E-state index in [2.05, 4.69) is 15.0 Å². The van der Waals surface area contributed by atoms with Gasteiger partial charge in [0.05, 0.1) is 11.5 Å². The minimum absolute atomic E-state index is 0.0675. The molecule has 1 aliphatic rings. The zero-order valence-electron chi connectivity index (χ0n) is 10.6. The van der Waals surface area contributed by atoms with Crippen LogP contribution in [0.4, 0.5) is 19.0 Å². The van der Waals surface area contributed by atoms with Crippen LogP contribution < -0.4 is 10.6 Å². The number of nitrogens with two attached hydrogens (primary N) is 1. The van der Waals surface area contributed by atoms with Crippen molar-refractivity contribution in [2.75, 3.05) is 18.0 Å². The number of carbonyl (C=O) groups excluding carboxylic acids is 1. The van der Waals surface area contributed by atoms with E-state index in [0.29, 0.717) is 11.0 Å². The summed E-state index contributed by atoms with van der Waals surface area (Å²) in [5.41, 5.74) is 5.65. The molecule has 3 rings (SSSR count).